The molecule has 2 N–H and O–H groups in total. The minimum Gasteiger partial charge on any atom is -0.350 e. The van der Waals surface area contributed by atoms with Crippen LogP contribution in [0, 0.1) is 20.8 Å². The van der Waals surface area contributed by atoms with Crippen LogP contribution in [-0.2, 0) is 33.7 Å². The number of rotatable bonds is 8. The topological polar surface area (TPSA) is 110 Å². The quantitative estimate of drug-likeness (QED) is 0.543. The lowest BCUT2D eigenvalue weighted by Crippen LogP contribution is -2.34. The van der Waals surface area contributed by atoms with Crippen LogP contribution in [0.15, 0.2) is 59.4 Å². The number of carbonyl (C=O) groups is 1. The van der Waals surface area contributed by atoms with Crippen molar-refractivity contribution in [3.8, 4) is 0 Å². The molecule has 1 aromatic carbocycles. The maximum Gasteiger partial charge on any atom is 0.275 e. The van der Waals surface area contributed by atoms with Gasteiger partial charge in [0.05, 0.1) is 5.75 Å². The Balaban J connectivity index is 1.71. The Bertz CT molecular complexity index is 1290. The second-order valence-electron chi connectivity index (χ2n) is 7.60. The van der Waals surface area contributed by atoms with Gasteiger partial charge in [-0.05, 0) is 50.1 Å². The lowest BCUT2D eigenvalue weighted by atomic mass is 10.2. The summed E-state index contributed by atoms with van der Waals surface area (Å²) in [4.78, 5) is 29.7. The summed E-state index contributed by atoms with van der Waals surface area (Å²) in [6, 6.07) is 15.5. The molecule has 8 nitrogen and oxygen atoms in total. The number of sulfonamides is 1. The molecule has 0 aliphatic rings. The van der Waals surface area contributed by atoms with Crippen molar-refractivity contribution in [1.82, 2.24) is 14.9 Å². The van der Waals surface area contributed by atoms with Crippen molar-refractivity contribution < 1.29 is 13.2 Å². The monoisotopic (exact) mass is 454 g/mol. The minimum atomic E-state index is -3.79. The number of nitrogens with zero attached hydrogens (tertiary/aromatic N) is 2. The number of benzene rings is 1. The molecule has 3 aromatic rings. The molecular weight excluding hydrogens is 428 g/mol. The molecule has 0 saturated heterocycles. The zero-order valence-electron chi connectivity index (χ0n) is 18.3. The molecule has 0 saturated carbocycles. The number of carbonyl (C=O) groups excluding carboxylic acids is 1. The molecule has 9 heteroatoms. The summed E-state index contributed by atoms with van der Waals surface area (Å²) in [6.45, 7) is 5.51. The zero-order chi connectivity index (χ0) is 23.3. The smallest absolute Gasteiger partial charge is 0.275 e. The molecule has 0 aliphatic heterocycles. The number of amides is 1. The van der Waals surface area contributed by atoms with E-state index >= 15 is 0 Å². The maximum atomic E-state index is 12.9. The van der Waals surface area contributed by atoms with E-state index in [1.54, 1.807) is 43.3 Å². The Morgan fingerprint density at radius 3 is 2.41 bits per heavy atom. The van der Waals surface area contributed by atoms with Gasteiger partial charge in [0.15, 0.2) is 0 Å². The summed E-state index contributed by atoms with van der Waals surface area (Å²) in [6.07, 6.45) is 0. The Morgan fingerprint density at radius 2 is 1.72 bits per heavy atom. The van der Waals surface area contributed by atoms with Crippen molar-refractivity contribution >= 4 is 21.6 Å². The van der Waals surface area contributed by atoms with Crippen molar-refractivity contribution in [3.05, 3.63) is 93.2 Å². The minimum absolute atomic E-state index is 0.0992. The van der Waals surface area contributed by atoms with E-state index in [0.29, 0.717) is 11.3 Å². The van der Waals surface area contributed by atoms with Crippen LogP contribution in [0.4, 0.5) is 5.69 Å². The molecule has 0 aliphatic carbocycles. The maximum absolute atomic E-state index is 12.9. The van der Waals surface area contributed by atoms with Gasteiger partial charge in [-0.25, -0.2) is 8.42 Å². The second kappa shape index (κ2) is 9.78. The Morgan fingerprint density at radius 1 is 1.00 bits per heavy atom. The highest BCUT2D eigenvalue weighted by atomic mass is 32.2. The van der Waals surface area contributed by atoms with Crippen LogP contribution in [0.3, 0.4) is 0 Å². The van der Waals surface area contributed by atoms with E-state index < -0.39 is 15.6 Å². The molecule has 0 spiro atoms. The van der Waals surface area contributed by atoms with Crippen molar-refractivity contribution in [2.45, 2.75) is 39.6 Å². The third-order valence-electron chi connectivity index (χ3n) is 4.97. The fraction of sp³-hybridized carbons (Fsp3) is 0.261. The number of aromatic nitrogens is 2. The van der Waals surface area contributed by atoms with Crippen molar-refractivity contribution in [2.75, 3.05) is 4.72 Å². The number of hydrogen-bond donors (Lipinski definition) is 2. The van der Waals surface area contributed by atoms with Crippen LogP contribution in [-0.4, -0.2) is 23.9 Å². The number of anilines is 1. The largest absolute Gasteiger partial charge is 0.350 e. The SMILES string of the molecule is Cc1ccc(CNC(=O)Cn2c(C)ccc(NS(=O)(=O)Cc3ccccc3)c2=O)c(C)n1. The van der Waals surface area contributed by atoms with E-state index in [1.807, 2.05) is 26.0 Å². The van der Waals surface area contributed by atoms with E-state index in [9.17, 15) is 18.0 Å². The van der Waals surface area contributed by atoms with E-state index in [-0.39, 0.29) is 30.4 Å². The fourth-order valence-corrected chi connectivity index (χ4v) is 4.43. The van der Waals surface area contributed by atoms with Gasteiger partial charge >= 0.3 is 0 Å². The molecule has 32 heavy (non-hydrogen) atoms. The van der Waals surface area contributed by atoms with Gasteiger partial charge in [0.2, 0.25) is 15.9 Å². The summed E-state index contributed by atoms with van der Waals surface area (Å²) >= 11 is 0. The molecule has 0 bridgehead atoms. The number of pyridine rings is 2. The first-order chi connectivity index (χ1) is 15.1. The Hall–Kier alpha value is -3.46. The summed E-state index contributed by atoms with van der Waals surface area (Å²) in [5, 5.41) is 2.79. The highest BCUT2D eigenvalue weighted by Crippen LogP contribution is 2.11. The third kappa shape index (κ3) is 6.04. The van der Waals surface area contributed by atoms with Gasteiger partial charge in [0, 0.05) is 23.6 Å². The lowest BCUT2D eigenvalue weighted by molar-refractivity contribution is -0.121. The first-order valence-electron chi connectivity index (χ1n) is 10.1. The van der Waals surface area contributed by atoms with Crippen molar-refractivity contribution in [1.29, 1.82) is 0 Å². The van der Waals surface area contributed by atoms with Crippen LogP contribution in [0.5, 0.6) is 0 Å². The van der Waals surface area contributed by atoms with E-state index in [2.05, 4.69) is 15.0 Å². The van der Waals surface area contributed by atoms with Gasteiger partial charge in [0.1, 0.15) is 12.2 Å². The van der Waals surface area contributed by atoms with Gasteiger partial charge in [-0.1, -0.05) is 36.4 Å². The Labute approximate surface area is 187 Å². The summed E-state index contributed by atoms with van der Waals surface area (Å²) in [5.41, 5.74) is 3.08. The van der Waals surface area contributed by atoms with Crippen LogP contribution in [0.2, 0.25) is 0 Å². The second-order valence-corrected chi connectivity index (χ2v) is 9.32. The number of aryl methyl sites for hydroxylation is 3. The summed E-state index contributed by atoms with van der Waals surface area (Å²) < 4.78 is 28.6. The summed E-state index contributed by atoms with van der Waals surface area (Å²) in [5.74, 6) is -0.620. The first kappa shape index (κ1) is 23.2. The molecule has 0 unspecified atom stereocenters. The molecule has 0 atom stereocenters. The fourth-order valence-electron chi connectivity index (χ4n) is 3.24. The predicted octanol–water partition coefficient (Wildman–Crippen LogP) is 2.43. The van der Waals surface area contributed by atoms with Crippen LogP contribution >= 0.6 is 0 Å². The van der Waals surface area contributed by atoms with Crippen LogP contribution in [0.1, 0.15) is 28.2 Å². The van der Waals surface area contributed by atoms with Gasteiger partial charge in [0.25, 0.3) is 5.56 Å². The molecule has 0 fully saturated rings. The average molecular weight is 455 g/mol. The lowest BCUT2D eigenvalue weighted by Gasteiger charge is -2.14. The molecular formula is C23H26N4O4S. The molecule has 2 aromatic heterocycles. The van der Waals surface area contributed by atoms with E-state index in [0.717, 1.165) is 17.0 Å². The van der Waals surface area contributed by atoms with Crippen molar-refractivity contribution in [3.63, 3.8) is 0 Å². The van der Waals surface area contributed by atoms with Gasteiger partial charge in [-0.3, -0.25) is 19.3 Å². The molecule has 2 heterocycles. The number of nitrogens with one attached hydrogen (secondary N) is 2. The summed E-state index contributed by atoms with van der Waals surface area (Å²) in [7, 11) is -3.79. The van der Waals surface area contributed by atoms with Crippen LogP contribution < -0.4 is 15.6 Å². The first-order valence-corrected chi connectivity index (χ1v) is 11.7. The Kier molecular flexibility index (Phi) is 7.09. The van der Waals surface area contributed by atoms with E-state index in [1.165, 1.54) is 10.6 Å². The highest BCUT2D eigenvalue weighted by Gasteiger charge is 2.16. The molecule has 1 amide bonds. The van der Waals surface area contributed by atoms with E-state index in [4.69, 9.17) is 0 Å². The van der Waals surface area contributed by atoms with Crippen LogP contribution in [0.25, 0.3) is 0 Å². The predicted molar refractivity (Wildman–Crippen MR) is 124 cm³/mol. The average Bonchev–Trinajstić information content (AvgIpc) is 2.73. The number of hydrogen-bond acceptors (Lipinski definition) is 5. The normalized spacial score (nSPS) is 11.2. The third-order valence-corrected chi connectivity index (χ3v) is 6.21. The standard InChI is InChI=1S/C23H26N4O4S/c1-16-9-11-20(18(3)25-16)13-24-22(28)14-27-17(2)10-12-21(23(27)29)26-32(30,31)15-19-7-5-4-6-8-19/h4-12,26H,13-15H2,1-3H3,(H,24,28). The van der Waals surface area contributed by atoms with Crippen molar-refractivity contribution in [2.24, 2.45) is 0 Å². The highest BCUT2D eigenvalue weighted by molar-refractivity contribution is 7.91. The van der Waals surface area contributed by atoms with Gasteiger partial charge in [-0.15, -0.1) is 0 Å². The molecule has 0 radical (unpaired) electrons. The van der Waals surface area contributed by atoms with Gasteiger partial charge < -0.3 is 9.88 Å². The zero-order valence-corrected chi connectivity index (χ0v) is 19.1. The molecule has 168 valence electrons. The molecule has 3 rings (SSSR count). The van der Waals surface area contributed by atoms with Gasteiger partial charge in [-0.2, -0.15) is 0 Å².